The highest BCUT2D eigenvalue weighted by Crippen LogP contribution is 2.36. The highest BCUT2D eigenvalue weighted by atomic mass is 19.1. The van der Waals surface area contributed by atoms with Crippen molar-refractivity contribution in [2.75, 3.05) is 31.1 Å². The minimum Gasteiger partial charge on any atom is -0.368 e. The predicted octanol–water partition coefficient (Wildman–Crippen LogP) is 5.44. The molecule has 1 unspecified atom stereocenters. The number of fused-ring (bicyclic) bond motifs is 1. The smallest absolute Gasteiger partial charge is 0.123 e. The van der Waals surface area contributed by atoms with Crippen LogP contribution in [0.25, 0.3) is 0 Å². The Balaban J connectivity index is 1.21. The van der Waals surface area contributed by atoms with Crippen LogP contribution in [-0.2, 0) is 12.8 Å². The van der Waals surface area contributed by atoms with Crippen molar-refractivity contribution in [3.63, 3.8) is 0 Å². The van der Waals surface area contributed by atoms with E-state index in [4.69, 9.17) is 0 Å². The number of likely N-dealkylation sites (tertiary alicyclic amines) is 1. The van der Waals surface area contributed by atoms with Gasteiger partial charge < -0.3 is 9.80 Å². The maximum absolute atomic E-state index is 13.1. The van der Waals surface area contributed by atoms with Crippen molar-refractivity contribution in [3.8, 4) is 0 Å². The summed E-state index contributed by atoms with van der Waals surface area (Å²) >= 11 is 0. The summed E-state index contributed by atoms with van der Waals surface area (Å²) in [5, 5.41) is 0. The van der Waals surface area contributed by atoms with Crippen molar-refractivity contribution >= 4 is 5.69 Å². The molecule has 1 fully saturated rings. The van der Waals surface area contributed by atoms with Gasteiger partial charge >= 0.3 is 0 Å². The molecule has 0 amide bonds. The lowest BCUT2D eigenvalue weighted by atomic mass is 9.95. The molecular formula is C28H32FN3. The average molecular weight is 430 g/mol. The second-order valence-corrected chi connectivity index (χ2v) is 9.26. The Labute approximate surface area is 190 Å². The molecule has 0 radical (unpaired) electrons. The molecule has 32 heavy (non-hydrogen) atoms. The summed E-state index contributed by atoms with van der Waals surface area (Å²) in [6.07, 6.45) is 6.45. The number of rotatable bonds is 6. The van der Waals surface area contributed by atoms with E-state index >= 15 is 0 Å². The zero-order chi connectivity index (χ0) is 21.9. The van der Waals surface area contributed by atoms with Gasteiger partial charge in [-0.05, 0) is 72.7 Å². The van der Waals surface area contributed by atoms with Gasteiger partial charge in [-0.1, -0.05) is 37.3 Å². The highest BCUT2D eigenvalue weighted by molar-refractivity contribution is 5.61. The molecule has 3 aromatic rings. The van der Waals surface area contributed by atoms with Crippen molar-refractivity contribution in [3.05, 3.63) is 95.1 Å². The number of halogens is 1. The summed E-state index contributed by atoms with van der Waals surface area (Å²) in [6.45, 7) is 6.73. The molecule has 2 aliphatic heterocycles. The molecule has 2 aromatic carbocycles. The summed E-state index contributed by atoms with van der Waals surface area (Å²) in [7, 11) is 0. The first-order chi connectivity index (χ1) is 15.7. The number of benzene rings is 2. The fraction of sp³-hybridized carbons (Fsp3) is 0.393. The molecule has 5 rings (SSSR count). The van der Waals surface area contributed by atoms with E-state index in [0.717, 1.165) is 44.7 Å². The number of nitrogens with zero attached hydrogens (tertiary/aromatic N) is 3. The molecule has 0 N–H and O–H groups in total. The molecule has 0 saturated carbocycles. The Morgan fingerprint density at radius 1 is 1.00 bits per heavy atom. The third-order valence-electron chi connectivity index (χ3n) is 7.30. The van der Waals surface area contributed by atoms with Gasteiger partial charge in [0.15, 0.2) is 0 Å². The van der Waals surface area contributed by atoms with Gasteiger partial charge in [0.05, 0.1) is 0 Å². The van der Waals surface area contributed by atoms with Crippen LogP contribution in [0.5, 0.6) is 0 Å². The molecule has 1 atom stereocenters. The number of piperidine rings is 1. The molecule has 0 bridgehead atoms. The third kappa shape index (κ3) is 4.56. The zero-order valence-corrected chi connectivity index (χ0v) is 18.9. The lowest BCUT2D eigenvalue weighted by Gasteiger charge is -2.38. The van der Waals surface area contributed by atoms with E-state index in [9.17, 15) is 4.39 Å². The lowest BCUT2D eigenvalue weighted by Crippen LogP contribution is -2.45. The average Bonchev–Trinajstić information content (AvgIpc) is 3.27. The highest BCUT2D eigenvalue weighted by Gasteiger charge is 2.29. The summed E-state index contributed by atoms with van der Waals surface area (Å²) in [5.41, 5.74) is 6.63. The first kappa shape index (κ1) is 21.1. The Hall–Kier alpha value is -2.72. The van der Waals surface area contributed by atoms with Gasteiger partial charge in [0.25, 0.3) is 0 Å². The van der Waals surface area contributed by atoms with Crippen LogP contribution in [0, 0.1) is 5.82 Å². The molecule has 2 aliphatic rings. The molecule has 1 aromatic heterocycles. The van der Waals surface area contributed by atoms with Crippen LogP contribution in [0.15, 0.2) is 66.9 Å². The Kier molecular flexibility index (Phi) is 6.22. The topological polar surface area (TPSA) is 19.4 Å². The van der Waals surface area contributed by atoms with Crippen LogP contribution in [0.3, 0.4) is 0 Å². The van der Waals surface area contributed by atoms with Gasteiger partial charge in [-0.15, -0.1) is 0 Å². The quantitative estimate of drug-likeness (QED) is 0.520. The fourth-order valence-electron chi connectivity index (χ4n) is 5.27. The van der Waals surface area contributed by atoms with E-state index in [-0.39, 0.29) is 5.82 Å². The molecule has 3 heterocycles. The SMILES string of the molecule is CC(c1ccc2c(c1)N(C1CCN(CCc3ccc(F)cc3)CC1)CC2)c1ccccn1. The second-order valence-electron chi connectivity index (χ2n) is 9.26. The molecule has 1 saturated heterocycles. The van der Waals surface area contributed by atoms with Crippen LogP contribution < -0.4 is 4.90 Å². The number of pyridine rings is 1. The molecule has 0 spiro atoms. The van der Waals surface area contributed by atoms with E-state index in [1.165, 1.54) is 35.2 Å². The van der Waals surface area contributed by atoms with E-state index < -0.39 is 0 Å². The summed E-state index contributed by atoms with van der Waals surface area (Å²) in [5.74, 6) is 0.148. The minimum atomic E-state index is -0.155. The van der Waals surface area contributed by atoms with Gasteiger partial charge in [0, 0.05) is 55.7 Å². The minimum absolute atomic E-state index is 0.155. The molecular weight excluding hydrogens is 397 g/mol. The van der Waals surface area contributed by atoms with Crippen LogP contribution in [-0.4, -0.2) is 42.1 Å². The van der Waals surface area contributed by atoms with Crippen molar-refractivity contribution in [1.82, 2.24) is 9.88 Å². The Morgan fingerprint density at radius 2 is 1.81 bits per heavy atom. The van der Waals surface area contributed by atoms with Gasteiger partial charge in [-0.3, -0.25) is 4.98 Å². The molecule has 4 heteroatoms. The molecule has 3 nitrogen and oxygen atoms in total. The first-order valence-electron chi connectivity index (χ1n) is 11.9. The third-order valence-corrected chi connectivity index (χ3v) is 7.30. The maximum atomic E-state index is 13.1. The van der Waals surface area contributed by atoms with Gasteiger partial charge in [-0.25, -0.2) is 4.39 Å². The van der Waals surface area contributed by atoms with Crippen molar-refractivity contribution < 1.29 is 4.39 Å². The zero-order valence-electron chi connectivity index (χ0n) is 18.9. The number of aromatic nitrogens is 1. The Bertz CT molecular complexity index is 1030. The molecule has 166 valence electrons. The second kappa shape index (κ2) is 9.41. The fourth-order valence-corrected chi connectivity index (χ4v) is 5.27. The van der Waals surface area contributed by atoms with Crippen LogP contribution in [0.4, 0.5) is 10.1 Å². The van der Waals surface area contributed by atoms with Crippen LogP contribution >= 0.6 is 0 Å². The maximum Gasteiger partial charge on any atom is 0.123 e. The van der Waals surface area contributed by atoms with E-state index in [1.807, 2.05) is 24.4 Å². The van der Waals surface area contributed by atoms with Gasteiger partial charge in [-0.2, -0.15) is 0 Å². The largest absolute Gasteiger partial charge is 0.368 e. The van der Waals surface area contributed by atoms with Crippen LogP contribution in [0.1, 0.15) is 48.1 Å². The monoisotopic (exact) mass is 429 g/mol. The van der Waals surface area contributed by atoms with E-state index in [1.54, 1.807) is 12.1 Å². The van der Waals surface area contributed by atoms with E-state index in [0.29, 0.717) is 12.0 Å². The lowest BCUT2D eigenvalue weighted by molar-refractivity contribution is 0.212. The predicted molar refractivity (Wildman–Crippen MR) is 129 cm³/mol. The first-order valence-corrected chi connectivity index (χ1v) is 11.9. The Morgan fingerprint density at radius 3 is 2.56 bits per heavy atom. The van der Waals surface area contributed by atoms with Crippen molar-refractivity contribution in [2.45, 2.75) is 44.6 Å². The van der Waals surface area contributed by atoms with Crippen LogP contribution in [0.2, 0.25) is 0 Å². The standard InChI is InChI=1S/C28H32FN3/c1-21(27-4-2-3-15-30-27)24-8-7-23-12-19-32(28(23)20-24)26-13-17-31(18-14-26)16-11-22-5-9-25(29)10-6-22/h2-10,15,20-21,26H,11-14,16-19H2,1H3. The normalized spacial score (nSPS) is 18.0. The van der Waals surface area contributed by atoms with Crippen molar-refractivity contribution in [1.29, 1.82) is 0 Å². The number of hydrogen-bond acceptors (Lipinski definition) is 3. The number of anilines is 1. The summed E-state index contributed by atoms with van der Waals surface area (Å²) in [4.78, 5) is 9.81. The van der Waals surface area contributed by atoms with Gasteiger partial charge in [0.1, 0.15) is 5.82 Å². The summed E-state index contributed by atoms with van der Waals surface area (Å²) in [6, 6.07) is 20.8. The van der Waals surface area contributed by atoms with Gasteiger partial charge in [0.2, 0.25) is 0 Å². The molecule has 0 aliphatic carbocycles. The summed E-state index contributed by atoms with van der Waals surface area (Å²) < 4.78 is 13.1. The van der Waals surface area contributed by atoms with E-state index in [2.05, 4.69) is 52.0 Å². The number of hydrogen-bond donors (Lipinski definition) is 0. The van der Waals surface area contributed by atoms with Crippen molar-refractivity contribution in [2.24, 2.45) is 0 Å².